The highest BCUT2D eigenvalue weighted by Crippen LogP contribution is 2.38. The van der Waals surface area contributed by atoms with Gasteiger partial charge in [0.15, 0.2) is 0 Å². The van der Waals surface area contributed by atoms with Crippen molar-refractivity contribution in [3.05, 3.63) is 11.6 Å². The number of likely N-dealkylation sites (tertiary alicyclic amines) is 1. The summed E-state index contributed by atoms with van der Waals surface area (Å²) in [7, 11) is 2.44. The highest BCUT2D eigenvalue weighted by molar-refractivity contribution is 5.12. The van der Waals surface area contributed by atoms with Crippen molar-refractivity contribution in [1.82, 2.24) is 0 Å². The predicted molar refractivity (Wildman–Crippen MR) is 74.3 cm³/mol. The number of allylic oxidation sites excluding steroid dienone is 1. The average molecular weight is 250 g/mol. The Morgan fingerprint density at radius 2 is 2.06 bits per heavy atom. The van der Waals surface area contributed by atoms with E-state index in [-0.39, 0.29) is 0 Å². The van der Waals surface area contributed by atoms with Gasteiger partial charge in [0.05, 0.1) is 26.7 Å². The van der Waals surface area contributed by atoms with Gasteiger partial charge in [0.1, 0.15) is 12.6 Å². The second-order valence-corrected chi connectivity index (χ2v) is 7.07. The van der Waals surface area contributed by atoms with Crippen LogP contribution in [0.15, 0.2) is 11.6 Å². The standard InChI is InChI=1S/C16H28NO/c1-13-6-7-14-10-15(13)16(18-12-14)11-17(2)8-4-3-5-9-17/h6,14-16H,3-5,7-12H2,1-2H3/q+1/t14-,15-,16?/m1/s1. The van der Waals surface area contributed by atoms with Gasteiger partial charge >= 0.3 is 0 Å². The Kier molecular flexibility index (Phi) is 3.50. The fourth-order valence-corrected chi connectivity index (χ4v) is 4.17. The van der Waals surface area contributed by atoms with Crippen molar-refractivity contribution in [2.75, 3.05) is 33.3 Å². The van der Waals surface area contributed by atoms with Gasteiger partial charge in [0.2, 0.25) is 0 Å². The van der Waals surface area contributed by atoms with E-state index in [1.54, 1.807) is 5.57 Å². The first-order valence-corrected chi connectivity index (χ1v) is 7.78. The Balaban J connectivity index is 1.68. The summed E-state index contributed by atoms with van der Waals surface area (Å²) < 4.78 is 7.48. The minimum atomic E-state index is 0.487. The molecule has 0 aromatic heterocycles. The molecule has 2 heterocycles. The summed E-state index contributed by atoms with van der Waals surface area (Å²) in [5, 5.41) is 0. The van der Waals surface area contributed by atoms with Gasteiger partial charge in [-0.05, 0) is 44.9 Å². The van der Waals surface area contributed by atoms with Crippen molar-refractivity contribution in [1.29, 1.82) is 0 Å². The van der Waals surface area contributed by atoms with Crippen molar-refractivity contribution in [3.63, 3.8) is 0 Å². The minimum absolute atomic E-state index is 0.487. The number of nitrogens with zero attached hydrogens (tertiary/aromatic N) is 1. The molecule has 3 atom stereocenters. The minimum Gasteiger partial charge on any atom is -0.371 e. The second-order valence-electron chi connectivity index (χ2n) is 7.07. The molecule has 2 heteroatoms. The molecule has 0 saturated carbocycles. The lowest BCUT2D eigenvalue weighted by molar-refractivity contribution is -0.917. The van der Waals surface area contributed by atoms with Gasteiger partial charge < -0.3 is 9.22 Å². The summed E-state index contributed by atoms with van der Waals surface area (Å²) >= 11 is 0. The van der Waals surface area contributed by atoms with Gasteiger partial charge in [-0.15, -0.1) is 0 Å². The number of piperidine rings is 1. The number of hydrogen-bond acceptors (Lipinski definition) is 1. The summed E-state index contributed by atoms with van der Waals surface area (Å²) in [5.41, 5.74) is 1.60. The van der Waals surface area contributed by atoms with Crippen LogP contribution in [0.1, 0.15) is 39.0 Å². The molecule has 2 aliphatic heterocycles. The van der Waals surface area contributed by atoms with E-state index >= 15 is 0 Å². The largest absolute Gasteiger partial charge is 0.371 e. The number of ether oxygens (including phenoxy) is 1. The zero-order chi connectivity index (χ0) is 12.6. The molecule has 2 bridgehead atoms. The van der Waals surface area contributed by atoms with E-state index in [0.717, 1.165) is 18.4 Å². The highest BCUT2D eigenvalue weighted by Gasteiger charge is 2.39. The smallest absolute Gasteiger partial charge is 0.113 e. The Hall–Kier alpha value is -0.340. The van der Waals surface area contributed by atoms with Crippen molar-refractivity contribution >= 4 is 0 Å². The first kappa shape index (κ1) is 12.7. The Bertz CT molecular complexity index is 330. The zero-order valence-electron chi connectivity index (χ0n) is 12.0. The SMILES string of the molecule is CC1=CC[C@H]2COC(C[N+]3(C)CCCCC3)[C@@H]1C2. The van der Waals surface area contributed by atoms with Crippen LogP contribution in [0.2, 0.25) is 0 Å². The number of fused-ring (bicyclic) bond motifs is 2. The maximum absolute atomic E-state index is 6.23. The van der Waals surface area contributed by atoms with E-state index in [2.05, 4.69) is 20.0 Å². The molecular weight excluding hydrogens is 222 g/mol. The molecule has 3 aliphatic rings. The van der Waals surface area contributed by atoms with E-state index in [1.165, 1.54) is 56.2 Å². The van der Waals surface area contributed by atoms with Crippen LogP contribution in [0, 0.1) is 11.8 Å². The van der Waals surface area contributed by atoms with Crippen LogP contribution in [0.3, 0.4) is 0 Å². The second kappa shape index (κ2) is 4.97. The molecule has 18 heavy (non-hydrogen) atoms. The van der Waals surface area contributed by atoms with Crippen LogP contribution in [0.5, 0.6) is 0 Å². The van der Waals surface area contributed by atoms with Crippen LogP contribution < -0.4 is 0 Å². The molecule has 0 aromatic carbocycles. The first-order chi connectivity index (χ1) is 8.66. The molecule has 0 amide bonds. The Morgan fingerprint density at radius 1 is 1.28 bits per heavy atom. The predicted octanol–water partition coefficient (Wildman–Crippen LogP) is 2.99. The fraction of sp³-hybridized carbons (Fsp3) is 0.875. The van der Waals surface area contributed by atoms with Gasteiger partial charge in [-0.1, -0.05) is 11.6 Å². The first-order valence-electron chi connectivity index (χ1n) is 7.78. The number of rotatable bonds is 2. The van der Waals surface area contributed by atoms with Crippen LogP contribution in [-0.4, -0.2) is 43.9 Å². The maximum Gasteiger partial charge on any atom is 0.113 e. The van der Waals surface area contributed by atoms with Gasteiger partial charge in [-0.2, -0.15) is 0 Å². The quantitative estimate of drug-likeness (QED) is 0.541. The van der Waals surface area contributed by atoms with Crippen LogP contribution >= 0.6 is 0 Å². The number of likely N-dealkylation sites (N-methyl/N-ethyl adjacent to an activating group) is 1. The Morgan fingerprint density at radius 3 is 2.83 bits per heavy atom. The average Bonchev–Trinajstić information content (AvgIpc) is 2.37. The summed E-state index contributed by atoms with van der Waals surface area (Å²) in [4.78, 5) is 0. The van der Waals surface area contributed by atoms with Crippen LogP contribution in [0.25, 0.3) is 0 Å². The molecule has 2 nitrogen and oxygen atoms in total. The van der Waals surface area contributed by atoms with E-state index in [0.29, 0.717) is 6.10 Å². The number of quaternary nitrogens is 1. The van der Waals surface area contributed by atoms with Crippen LogP contribution in [0.4, 0.5) is 0 Å². The summed E-state index contributed by atoms with van der Waals surface area (Å²) in [6.45, 7) is 7.28. The summed E-state index contributed by atoms with van der Waals surface area (Å²) in [6, 6.07) is 0. The molecule has 1 aliphatic carbocycles. The molecule has 2 saturated heterocycles. The third-order valence-electron chi connectivity index (χ3n) is 5.46. The lowest BCUT2D eigenvalue weighted by Gasteiger charge is -2.45. The topological polar surface area (TPSA) is 9.23 Å². The number of hydrogen-bond donors (Lipinski definition) is 0. The Labute approximate surface area is 112 Å². The van der Waals surface area contributed by atoms with E-state index in [1.807, 2.05) is 0 Å². The van der Waals surface area contributed by atoms with Crippen LogP contribution in [-0.2, 0) is 4.74 Å². The summed E-state index contributed by atoms with van der Waals surface area (Å²) in [6.07, 6.45) is 9.85. The molecule has 0 spiro atoms. The molecule has 2 fully saturated rings. The van der Waals surface area contributed by atoms with Gasteiger partial charge in [0, 0.05) is 5.92 Å². The van der Waals surface area contributed by atoms with Gasteiger partial charge in [-0.25, -0.2) is 0 Å². The molecule has 0 aromatic rings. The molecule has 102 valence electrons. The van der Waals surface area contributed by atoms with Gasteiger partial charge in [0.25, 0.3) is 0 Å². The monoisotopic (exact) mass is 250 g/mol. The van der Waals surface area contributed by atoms with E-state index in [9.17, 15) is 0 Å². The fourth-order valence-electron chi connectivity index (χ4n) is 4.17. The highest BCUT2D eigenvalue weighted by atomic mass is 16.5. The summed E-state index contributed by atoms with van der Waals surface area (Å²) in [5.74, 6) is 1.52. The van der Waals surface area contributed by atoms with Crippen molar-refractivity contribution in [2.45, 2.75) is 45.1 Å². The molecule has 1 unspecified atom stereocenters. The third kappa shape index (κ3) is 2.50. The van der Waals surface area contributed by atoms with Crippen molar-refractivity contribution in [2.24, 2.45) is 11.8 Å². The van der Waals surface area contributed by atoms with E-state index in [4.69, 9.17) is 4.74 Å². The maximum atomic E-state index is 6.23. The molecular formula is C16H28NO+. The normalized spacial score (nSPS) is 39.2. The van der Waals surface area contributed by atoms with E-state index < -0.39 is 0 Å². The van der Waals surface area contributed by atoms with Crippen molar-refractivity contribution in [3.8, 4) is 0 Å². The molecule has 0 radical (unpaired) electrons. The van der Waals surface area contributed by atoms with Crippen molar-refractivity contribution < 1.29 is 9.22 Å². The lowest BCUT2D eigenvalue weighted by atomic mass is 9.76. The third-order valence-corrected chi connectivity index (χ3v) is 5.46. The lowest BCUT2D eigenvalue weighted by Crippen LogP contribution is -2.55. The molecule has 3 rings (SSSR count). The zero-order valence-corrected chi connectivity index (χ0v) is 12.0. The molecule has 0 N–H and O–H groups in total. The van der Waals surface area contributed by atoms with Gasteiger partial charge in [-0.3, -0.25) is 0 Å².